The van der Waals surface area contributed by atoms with Crippen LogP contribution in [0, 0.1) is 6.92 Å². The molecule has 5 nitrogen and oxygen atoms in total. The van der Waals surface area contributed by atoms with Gasteiger partial charge in [-0.25, -0.2) is 0 Å². The zero-order valence-electron chi connectivity index (χ0n) is 11.3. The second kappa shape index (κ2) is 4.77. The molecule has 3 N–H and O–H groups in total. The molecule has 0 unspecified atom stereocenters. The molecule has 102 valence electrons. The molecular weight excluding hydrogens is 254 g/mol. The zero-order chi connectivity index (χ0) is 14.1. The molecule has 0 atom stereocenters. The van der Waals surface area contributed by atoms with Crippen molar-refractivity contribution in [2.45, 2.75) is 6.92 Å². The summed E-state index contributed by atoms with van der Waals surface area (Å²) in [6.45, 7) is 1.90. The fraction of sp³-hybridized carbons (Fsp3) is 0.133. The van der Waals surface area contributed by atoms with Crippen LogP contribution in [0.15, 0.2) is 40.8 Å². The molecule has 20 heavy (non-hydrogen) atoms. The molecule has 0 spiro atoms. The molecule has 3 aromatic rings. The summed E-state index contributed by atoms with van der Waals surface area (Å²) in [6.07, 6.45) is 0. The highest BCUT2D eigenvalue weighted by Gasteiger charge is 2.17. The highest BCUT2D eigenvalue weighted by atomic mass is 16.5. The predicted molar refractivity (Wildman–Crippen MR) is 77.4 cm³/mol. The average Bonchev–Trinajstić information content (AvgIpc) is 3.05. The van der Waals surface area contributed by atoms with Crippen LogP contribution in [0.2, 0.25) is 0 Å². The van der Waals surface area contributed by atoms with E-state index in [1.165, 1.54) is 0 Å². The number of nitrogens with one attached hydrogen (secondary N) is 1. The van der Waals surface area contributed by atoms with Gasteiger partial charge >= 0.3 is 0 Å². The van der Waals surface area contributed by atoms with Crippen molar-refractivity contribution in [1.82, 2.24) is 10.2 Å². The van der Waals surface area contributed by atoms with Gasteiger partial charge in [0.15, 0.2) is 11.6 Å². The number of H-pyrrole nitrogens is 1. The van der Waals surface area contributed by atoms with Crippen LogP contribution in [0.4, 0.5) is 5.82 Å². The zero-order valence-corrected chi connectivity index (χ0v) is 11.3. The van der Waals surface area contributed by atoms with Crippen LogP contribution in [0.1, 0.15) is 5.76 Å². The average molecular weight is 269 g/mol. The minimum Gasteiger partial charge on any atom is -0.497 e. The Bertz CT molecular complexity index is 743. The van der Waals surface area contributed by atoms with Gasteiger partial charge in [0.1, 0.15) is 17.2 Å². The third-order valence-corrected chi connectivity index (χ3v) is 3.14. The molecule has 0 aliphatic carbocycles. The number of aromatic amines is 1. The summed E-state index contributed by atoms with van der Waals surface area (Å²) in [5.41, 5.74) is 8.50. The quantitative estimate of drug-likeness (QED) is 0.765. The van der Waals surface area contributed by atoms with Crippen molar-refractivity contribution in [2.24, 2.45) is 0 Å². The van der Waals surface area contributed by atoms with Gasteiger partial charge in [0.05, 0.1) is 12.7 Å². The van der Waals surface area contributed by atoms with E-state index >= 15 is 0 Å². The number of hydrogen-bond donors (Lipinski definition) is 2. The lowest BCUT2D eigenvalue weighted by Crippen LogP contribution is -1.89. The van der Waals surface area contributed by atoms with E-state index in [0.29, 0.717) is 11.6 Å². The van der Waals surface area contributed by atoms with Crippen LogP contribution in [0.25, 0.3) is 22.6 Å². The van der Waals surface area contributed by atoms with Crippen LogP contribution in [-0.2, 0) is 0 Å². The van der Waals surface area contributed by atoms with Crippen LogP contribution in [0.5, 0.6) is 5.75 Å². The standard InChI is InChI=1S/C15H15N3O2/c1-9-6-7-12(20-9)14-13(15(16)18-17-14)10-4-3-5-11(8-10)19-2/h3-8H,1-2H3,(H3,16,17,18). The van der Waals surface area contributed by atoms with Gasteiger partial charge < -0.3 is 14.9 Å². The van der Waals surface area contributed by atoms with E-state index in [9.17, 15) is 0 Å². The summed E-state index contributed by atoms with van der Waals surface area (Å²) in [5, 5.41) is 7.02. The maximum absolute atomic E-state index is 5.98. The third-order valence-electron chi connectivity index (χ3n) is 3.14. The van der Waals surface area contributed by atoms with E-state index in [1.807, 2.05) is 43.3 Å². The number of aryl methyl sites for hydroxylation is 1. The Hall–Kier alpha value is -2.69. The van der Waals surface area contributed by atoms with Gasteiger partial charge in [-0.15, -0.1) is 0 Å². The van der Waals surface area contributed by atoms with Crippen LogP contribution in [-0.4, -0.2) is 17.3 Å². The molecule has 0 amide bonds. The van der Waals surface area contributed by atoms with Gasteiger partial charge in [-0.05, 0) is 36.8 Å². The number of rotatable bonds is 3. The summed E-state index contributed by atoms with van der Waals surface area (Å²) in [6, 6.07) is 11.5. The summed E-state index contributed by atoms with van der Waals surface area (Å²) in [4.78, 5) is 0. The van der Waals surface area contributed by atoms with Crippen molar-refractivity contribution in [3.63, 3.8) is 0 Å². The normalized spacial score (nSPS) is 10.7. The van der Waals surface area contributed by atoms with Crippen molar-refractivity contribution < 1.29 is 9.15 Å². The number of methoxy groups -OCH3 is 1. The fourth-order valence-corrected chi connectivity index (χ4v) is 2.17. The molecule has 2 heterocycles. The van der Waals surface area contributed by atoms with Crippen LogP contribution < -0.4 is 10.5 Å². The Morgan fingerprint density at radius 2 is 2.10 bits per heavy atom. The number of benzene rings is 1. The Kier molecular flexibility index (Phi) is 2.95. The molecule has 0 aliphatic heterocycles. The van der Waals surface area contributed by atoms with Crippen LogP contribution >= 0.6 is 0 Å². The Morgan fingerprint density at radius 3 is 2.80 bits per heavy atom. The molecule has 0 fully saturated rings. The molecule has 0 bridgehead atoms. The Balaban J connectivity index is 2.15. The third kappa shape index (κ3) is 2.03. The van der Waals surface area contributed by atoms with Gasteiger partial charge in [0, 0.05) is 0 Å². The molecule has 5 heteroatoms. The maximum atomic E-state index is 5.98. The minimum absolute atomic E-state index is 0.433. The van der Waals surface area contributed by atoms with E-state index < -0.39 is 0 Å². The molecule has 0 aliphatic rings. The number of hydrogen-bond acceptors (Lipinski definition) is 4. The Labute approximate surface area is 116 Å². The Morgan fingerprint density at radius 1 is 1.25 bits per heavy atom. The monoisotopic (exact) mass is 269 g/mol. The lowest BCUT2D eigenvalue weighted by atomic mass is 10.0. The SMILES string of the molecule is COc1cccc(-c2c(N)n[nH]c2-c2ccc(C)o2)c1. The van der Waals surface area contributed by atoms with E-state index in [0.717, 1.165) is 28.3 Å². The molecule has 1 aromatic carbocycles. The van der Waals surface area contributed by atoms with E-state index in [4.69, 9.17) is 14.9 Å². The van der Waals surface area contributed by atoms with Gasteiger partial charge in [0.25, 0.3) is 0 Å². The first-order chi connectivity index (χ1) is 9.69. The first-order valence-corrected chi connectivity index (χ1v) is 6.24. The summed E-state index contributed by atoms with van der Waals surface area (Å²) < 4.78 is 10.9. The second-order valence-corrected chi connectivity index (χ2v) is 4.50. The van der Waals surface area contributed by atoms with Gasteiger partial charge in [-0.2, -0.15) is 5.10 Å². The highest BCUT2D eigenvalue weighted by Crippen LogP contribution is 2.36. The molecule has 3 rings (SSSR count). The number of nitrogens with two attached hydrogens (primary N) is 1. The van der Waals surface area contributed by atoms with Crippen LogP contribution in [0.3, 0.4) is 0 Å². The molecule has 0 saturated heterocycles. The smallest absolute Gasteiger partial charge is 0.153 e. The van der Waals surface area contributed by atoms with Crippen molar-refractivity contribution in [1.29, 1.82) is 0 Å². The summed E-state index contributed by atoms with van der Waals surface area (Å²) in [5.74, 6) is 2.75. The lowest BCUT2D eigenvalue weighted by molar-refractivity contribution is 0.415. The largest absolute Gasteiger partial charge is 0.497 e. The number of furan rings is 1. The van der Waals surface area contributed by atoms with E-state index in [-0.39, 0.29) is 0 Å². The van der Waals surface area contributed by atoms with Gasteiger partial charge in [-0.1, -0.05) is 12.1 Å². The molecular formula is C15H15N3O2. The number of nitrogen functional groups attached to an aromatic ring is 1. The van der Waals surface area contributed by atoms with Gasteiger partial charge in [-0.3, -0.25) is 5.10 Å². The molecule has 0 saturated carbocycles. The summed E-state index contributed by atoms with van der Waals surface area (Å²) in [7, 11) is 1.63. The topological polar surface area (TPSA) is 77.1 Å². The predicted octanol–water partition coefficient (Wildman–Crippen LogP) is 3.24. The van der Waals surface area contributed by atoms with E-state index in [1.54, 1.807) is 7.11 Å². The van der Waals surface area contributed by atoms with Crippen molar-refractivity contribution in [3.8, 4) is 28.3 Å². The molecule has 0 radical (unpaired) electrons. The fourth-order valence-electron chi connectivity index (χ4n) is 2.17. The maximum Gasteiger partial charge on any atom is 0.153 e. The minimum atomic E-state index is 0.433. The second-order valence-electron chi connectivity index (χ2n) is 4.50. The van der Waals surface area contributed by atoms with Gasteiger partial charge in [0.2, 0.25) is 0 Å². The van der Waals surface area contributed by atoms with Crippen molar-refractivity contribution >= 4 is 5.82 Å². The number of aromatic nitrogens is 2. The first-order valence-electron chi connectivity index (χ1n) is 6.24. The number of anilines is 1. The first kappa shape index (κ1) is 12.3. The van der Waals surface area contributed by atoms with E-state index in [2.05, 4.69) is 10.2 Å². The van der Waals surface area contributed by atoms with Crippen molar-refractivity contribution in [2.75, 3.05) is 12.8 Å². The summed E-state index contributed by atoms with van der Waals surface area (Å²) >= 11 is 0. The highest BCUT2D eigenvalue weighted by molar-refractivity contribution is 5.86. The van der Waals surface area contributed by atoms with Crippen molar-refractivity contribution in [3.05, 3.63) is 42.2 Å². The molecule has 2 aromatic heterocycles. The lowest BCUT2D eigenvalue weighted by Gasteiger charge is -2.05. The number of ether oxygens (including phenoxy) is 1. The number of nitrogens with zero attached hydrogens (tertiary/aromatic N) is 1.